The first kappa shape index (κ1) is 27.9. The van der Waals surface area contributed by atoms with Crippen LogP contribution in [0.5, 0.6) is 0 Å². The van der Waals surface area contributed by atoms with Gasteiger partial charge >= 0.3 is 0 Å². The Morgan fingerprint density at radius 1 is 0.367 bits per heavy atom. The maximum atomic E-state index is 5.43. The predicted octanol–water partition coefficient (Wildman–Crippen LogP) is 13.0. The standard InChI is InChI=1S/C46H28N2S/c1-3-11-29(12-4-1)31-21-23-36-37-24-22-32(30-13-5-2-6-14-30)27-41(37)45-44(40(36)26-31)47-28-42(48-45)34-16-9-15-33(25-34)35-18-10-19-39-38-17-7-8-20-43(38)49-46(35)39/h1-28H. The fourth-order valence-corrected chi connectivity index (χ4v) is 8.54. The Bertz CT molecular complexity index is 2870. The molecule has 0 aliphatic rings. The Labute approximate surface area is 287 Å². The van der Waals surface area contributed by atoms with E-state index in [4.69, 9.17) is 9.97 Å². The minimum atomic E-state index is 0.864. The SMILES string of the molecule is c1ccc(-c2ccc3c4ccc(-c5ccccc5)cc4c4nc(-c5cccc(-c6cccc7c6sc6ccccc67)c5)cnc4c3c2)cc1. The molecular formula is C46H28N2S. The average Bonchev–Trinajstić information content (AvgIpc) is 3.57. The van der Waals surface area contributed by atoms with Crippen LogP contribution in [-0.4, -0.2) is 9.97 Å². The van der Waals surface area contributed by atoms with Gasteiger partial charge in [-0.15, -0.1) is 11.3 Å². The van der Waals surface area contributed by atoms with Crippen molar-refractivity contribution >= 4 is 64.1 Å². The van der Waals surface area contributed by atoms with E-state index >= 15 is 0 Å². The van der Waals surface area contributed by atoms with Crippen LogP contribution in [0.1, 0.15) is 0 Å². The molecule has 8 aromatic carbocycles. The van der Waals surface area contributed by atoms with Gasteiger partial charge in [0.2, 0.25) is 0 Å². The first-order chi connectivity index (χ1) is 24.3. The number of benzene rings is 8. The molecular weight excluding hydrogens is 613 g/mol. The molecule has 0 saturated carbocycles. The molecule has 0 unspecified atom stereocenters. The smallest absolute Gasteiger partial charge is 0.0979 e. The van der Waals surface area contributed by atoms with Crippen molar-refractivity contribution < 1.29 is 0 Å². The van der Waals surface area contributed by atoms with Gasteiger partial charge in [0.05, 0.1) is 22.9 Å². The van der Waals surface area contributed by atoms with Crippen molar-refractivity contribution in [3.05, 3.63) is 170 Å². The zero-order chi connectivity index (χ0) is 32.3. The monoisotopic (exact) mass is 640 g/mol. The summed E-state index contributed by atoms with van der Waals surface area (Å²) in [5, 5.41) is 7.19. The Morgan fingerprint density at radius 3 is 1.69 bits per heavy atom. The Kier molecular flexibility index (Phi) is 6.39. The lowest BCUT2D eigenvalue weighted by atomic mass is 9.93. The van der Waals surface area contributed by atoms with Gasteiger partial charge in [0.1, 0.15) is 0 Å². The van der Waals surface area contributed by atoms with Gasteiger partial charge in [0, 0.05) is 36.5 Å². The van der Waals surface area contributed by atoms with Crippen LogP contribution in [0.3, 0.4) is 0 Å². The quantitative estimate of drug-likeness (QED) is 0.179. The summed E-state index contributed by atoms with van der Waals surface area (Å²) >= 11 is 1.86. The fraction of sp³-hybridized carbons (Fsp3) is 0. The summed E-state index contributed by atoms with van der Waals surface area (Å²) in [5.74, 6) is 0. The minimum Gasteiger partial charge on any atom is -0.252 e. The second kappa shape index (κ2) is 11.2. The molecule has 3 heteroatoms. The van der Waals surface area contributed by atoms with Crippen LogP contribution in [-0.2, 0) is 0 Å². The van der Waals surface area contributed by atoms with Crippen LogP contribution in [0.4, 0.5) is 0 Å². The van der Waals surface area contributed by atoms with E-state index in [1.807, 2.05) is 17.5 Å². The van der Waals surface area contributed by atoms with Gasteiger partial charge in [-0.2, -0.15) is 0 Å². The van der Waals surface area contributed by atoms with Crippen LogP contribution < -0.4 is 0 Å². The molecule has 49 heavy (non-hydrogen) atoms. The molecule has 0 amide bonds. The summed E-state index contributed by atoms with van der Waals surface area (Å²) in [5.41, 5.74) is 10.9. The molecule has 0 spiro atoms. The van der Waals surface area contributed by atoms with E-state index in [2.05, 4.69) is 164 Å². The number of hydrogen-bond acceptors (Lipinski definition) is 3. The van der Waals surface area contributed by atoms with Crippen LogP contribution in [0, 0.1) is 0 Å². The fourth-order valence-electron chi connectivity index (χ4n) is 7.30. The van der Waals surface area contributed by atoms with Crippen molar-refractivity contribution in [3.8, 4) is 44.6 Å². The van der Waals surface area contributed by atoms with Crippen molar-refractivity contribution in [3.63, 3.8) is 0 Å². The highest BCUT2D eigenvalue weighted by Gasteiger charge is 2.16. The minimum absolute atomic E-state index is 0.864. The topological polar surface area (TPSA) is 25.8 Å². The van der Waals surface area contributed by atoms with Crippen molar-refractivity contribution in [2.75, 3.05) is 0 Å². The summed E-state index contributed by atoms with van der Waals surface area (Å²) in [6.07, 6.45) is 1.95. The van der Waals surface area contributed by atoms with Crippen molar-refractivity contribution in [2.45, 2.75) is 0 Å². The number of fused-ring (bicyclic) bond motifs is 9. The summed E-state index contributed by atoms with van der Waals surface area (Å²) in [4.78, 5) is 10.6. The third kappa shape index (κ3) is 4.62. The maximum absolute atomic E-state index is 5.43. The maximum Gasteiger partial charge on any atom is 0.0979 e. The third-order valence-corrected chi connectivity index (χ3v) is 10.9. The molecule has 0 saturated heterocycles. The molecule has 10 rings (SSSR count). The van der Waals surface area contributed by atoms with Crippen LogP contribution >= 0.6 is 11.3 Å². The Hall–Kier alpha value is -6.16. The molecule has 0 radical (unpaired) electrons. The first-order valence-electron chi connectivity index (χ1n) is 16.6. The van der Waals surface area contributed by atoms with Crippen LogP contribution in [0.25, 0.3) is 97.4 Å². The molecule has 0 aliphatic carbocycles. The number of rotatable bonds is 4. The Balaban J connectivity index is 1.19. The average molecular weight is 641 g/mol. The lowest BCUT2D eigenvalue weighted by Crippen LogP contribution is -1.93. The van der Waals surface area contributed by atoms with Crippen LogP contribution in [0.15, 0.2) is 170 Å². The van der Waals surface area contributed by atoms with Gasteiger partial charge in [-0.05, 0) is 68.4 Å². The second-order valence-electron chi connectivity index (χ2n) is 12.6. The van der Waals surface area contributed by atoms with Gasteiger partial charge in [-0.25, -0.2) is 4.98 Å². The van der Waals surface area contributed by atoms with Gasteiger partial charge in [-0.3, -0.25) is 4.98 Å². The molecule has 0 bridgehead atoms. The number of thiophene rings is 1. The molecule has 0 atom stereocenters. The lowest BCUT2D eigenvalue weighted by Gasteiger charge is -2.14. The van der Waals surface area contributed by atoms with E-state index in [0.29, 0.717) is 0 Å². The van der Waals surface area contributed by atoms with E-state index in [1.165, 1.54) is 64.3 Å². The highest BCUT2D eigenvalue weighted by Crippen LogP contribution is 2.41. The number of hydrogen-bond donors (Lipinski definition) is 0. The number of aromatic nitrogens is 2. The molecule has 228 valence electrons. The molecule has 2 nitrogen and oxygen atoms in total. The molecule has 0 N–H and O–H groups in total. The number of nitrogens with zero attached hydrogens (tertiary/aromatic N) is 2. The van der Waals surface area contributed by atoms with E-state index in [1.54, 1.807) is 0 Å². The molecule has 2 aromatic heterocycles. The van der Waals surface area contributed by atoms with E-state index < -0.39 is 0 Å². The zero-order valence-electron chi connectivity index (χ0n) is 26.5. The highest BCUT2D eigenvalue weighted by molar-refractivity contribution is 7.26. The summed E-state index contributed by atoms with van der Waals surface area (Å²) in [7, 11) is 0. The normalized spacial score (nSPS) is 11.7. The lowest BCUT2D eigenvalue weighted by molar-refractivity contribution is 1.31. The zero-order valence-corrected chi connectivity index (χ0v) is 27.3. The summed E-state index contributed by atoms with van der Waals surface area (Å²) in [6, 6.07) is 58.7. The van der Waals surface area contributed by atoms with E-state index in [-0.39, 0.29) is 0 Å². The van der Waals surface area contributed by atoms with E-state index in [9.17, 15) is 0 Å². The third-order valence-electron chi connectivity index (χ3n) is 9.70. The van der Waals surface area contributed by atoms with E-state index in [0.717, 1.165) is 33.1 Å². The first-order valence-corrected chi connectivity index (χ1v) is 17.4. The predicted molar refractivity (Wildman–Crippen MR) is 209 cm³/mol. The van der Waals surface area contributed by atoms with Crippen molar-refractivity contribution in [2.24, 2.45) is 0 Å². The van der Waals surface area contributed by atoms with Gasteiger partial charge in [0.25, 0.3) is 0 Å². The Morgan fingerprint density at radius 2 is 0.959 bits per heavy atom. The largest absolute Gasteiger partial charge is 0.252 e. The van der Waals surface area contributed by atoms with Gasteiger partial charge in [-0.1, -0.05) is 140 Å². The highest BCUT2D eigenvalue weighted by atomic mass is 32.1. The van der Waals surface area contributed by atoms with Gasteiger partial charge < -0.3 is 0 Å². The van der Waals surface area contributed by atoms with Crippen molar-refractivity contribution in [1.29, 1.82) is 0 Å². The molecule has 2 heterocycles. The van der Waals surface area contributed by atoms with Crippen molar-refractivity contribution in [1.82, 2.24) is 9.97 Å². The molecule has 10 aromatic rings. The molecule has 0 fully saturated rings. The summed E-state index contributed by atoms with van der Waals surface area (Å²) in [6.45, 7) is 0. The van der Waals surface area contributed by atoms with Crippen LogP contribution in [0.2, 0.25) is 0 Å². The molecule has 0 aliphatic heterocycles. The summed E-state index contributed by atoms with van der Waals surface area (Å²) < 4.78 is 2.62. The second-order valence-corrected chi connectivity index (χ2v) is 13.6. The van der Waals surface area contributed by atoms with Gasteiger partial charge in [0.15, 0.2) is 0 Å².